The number of sulfonamides is 1. The number of hydrogen-bond acceptors (Lipinski definition) is 6. The quantitative estimate of drug-likeness (QED) is 0.210. The predicted octanol–water partition coefficient (Wildman–Crippen LogP) is 9.13. The maximum Gasteiger partial charge on any atom is 0.261 e. The van der Waals surface area contributed by atoms with E-state index in [0.29, 0.717) is 27.2 Å². The van der Waals surface area contributed by atoms with Crippen molar-refractivity contribution in [2.75, 3.05) is 4.72 Å². The molecule has 196 valence electrons. The molecule has 0 atom stereocenters. The molecule has 9 heteroatoms. The molecule has 0 fully saturated rings. The Morgan fingerprint density at radius 2 is 1.54 bits per heavy atom. The minimum absolute atomic E-state index is 0.205. The highest BCUT2D eigenvalue weighted by Gasteiger charge is 2.23. The Bertz CT molecular complexity index is 1960. The number of thiophene rings is 1. The van der Waals surface area contributed by atoms with Crippen molar-refractivity contribution in [3.05, 3.63) is 94.3 Å². The third kappa shape index (κ3) is 4.82. The van der Waals surface area contributed by atoms with Crippen LogP contribution in [0.1, 0.15) is 30.2 Å². The van der Waals surface area contributed by atoms with Gasteiger partial charge in [-0.25, -0.2) is 18.4 Å². The fourth-order valence-electron chi connectivity index (χ4n) is 4.45. The largest absolute Gasteiger partial charge is 0.279 e. The molecule has 0 aliphatic heterocycles. The van der Waals surface area contributed by atoms with Gasteiger partial charge in [0.2, 0.25) is 0 Å². The summed E-state index contributed by atoms with van der Waals surface area (Å²) in [5.41, 5.74) is 4.73. The molecule has 0 bridgehead atoms. The smallest absolute Gasteiger partial charge is 0.261 e. The summed E-state index contributed by atoms with van der Waals surface area (Å²) in [5, 5.41) is 2.34. The number of aryl methyl sites for hydroxylation is 1. The summed E-state index contributed by atoms with van der Waals surface area (Å²) in [7, 11) is -3.79. The summed E-state index contributed by atoms with van der Waals surface area (Å²) in [6.45, 7) is 6.27. The number of rotatable bonds is 6. The van der Waals surface area contributed by atoms with E-state index in [9.17, 15) is 8.42 Å². The van der Waals surface area contributed by atoms with Crippen molar-refractivity contribution in [3.8, 4) is 21.7 Å². The topological polar surface area (TPSA) is 72.0 Å². The van der Waals surface area contributed by atoms with E-state index in [4.69, 9.17) is 21.6 Å². The second kappa shape index (κ2) is 10.0. The van der Waals surface area contributed by atoms with Crippen LogP contribution >= 0.6 is 34.3 Å². The molecule has 3 aromatic heterocycles. The molecule has 39 heavy (non-hydrogen) atoms. The Hall–Kier alpha value is -3.30. The highest BCUT2D eigenvalue weighted by Crippen LogP contribution is 2.45. The zero-order valence-electron chi connectivity index (χ0n) is 21.4. The van der Waals surface area contributed by atoms with Gasteiger partial charge in [-0.3, -0.25) is 4.72 Å². The van der Waals surface area contributed by atoms with E-state index in [1.807, 2.05) is 43.3 Å². The number of aromatic nitrogens is 2. The lowest BCUT2D eigenvalue weighted by Crippen LogP contribution is -2.13. The van der Waals surface area contributed by atoms with E-state index in [1.54, 1.807) is 47.7 Å². The minimum atomic E-state index is -3.79. The molecular formula is C30H24ClN3O2S3. The first kappa shape index (κ1) is 26.0. The first-order chi connectivity index (χ1) is 18.7. The monoisotopic (exact) mass is 589 g/mol. The standard InChI is InChI=1S/C30H24ClN3O2S3/c1-17(2)25-16-22-26(20-8-4-6-10-23(20)31)27-30(33-29(22)37-25)38-28(32-27)21-9-5-7-11-24(21)34-39(35,36)19-14-12-18(3)13-15-19/h4-17,34H,1-3H3. The van der Waals surface area contributed by atoms with Crippen LogP contribution in [-0.4, -0.2) is 18.4 Å². The first-order valence-corrected chi connectivity index (χ1v) is 15.9. The SMILES string of the molecule is Cc1ccc(S(=O)(=O)Nc2ccccc2-c2nc3c(-c4ccccc4Cl)c4cc(C(C)C)sc4nc3s2)cc1. The van der Waals surface area contributed by atoms with E-state index in [2.05, 4.69) is 24.6 Å². The van der Waals surface area contributed by atoms with Gasteiger partial charge >= 0.3 is 0 Å². The Morgan fingerprint density at radius 1 is 0.846 bits per heavy atom. The summed E-state index contributed by atoms with van der Waals surface area (Å²) in [6, 6.07) is 24.1. The van der Waals surface area contributed by atoms with Gasteiger partial charge in [-0.05, 0) is 49.2 Å². The molecular weight excluding hydrogens is 566 g/mol. The van der Waals surface area contributed by atoms with Gasteiger partial charge in [0.1, 0.15) is 20.2 Å². The average Bonchev–Trinajstić information content (AvgIpc) is 3.52. The normalized spacial score (nSPS) is 12.0. The Balaban J connectivity index is 1.53. The number of pyridine rings is 1. The molecule has 1 N–H and O–H groups in total. The molecule has 3 heterocycles. The average molecular weight is 590 g/mol. The number of nitrogens with one attached hydrogen (secondary N) is 1. The van der Waals surface area contributed by atoms with Crippen molar-refractivity contribution >= 4 is 70.5 Å². The second-order valence-electron chi connectivity index (χ2n) is 9.63. The minimum Gasteiger partial charge on any atom is -0.279 e. The summed E-state index contributed by atoms with van der Waals surface area (Å²) in [4.78, 5) is 13.2. The molecule has 3 aromatic carbocycles. The van der Waals surface area contributed by atoms with Crippen LogP contribution in [0.3, 0.4) is 0 Å². The van der Waals surface area contributed by atoms with Crippen molar-refractivity contribution < 1.29 is 8.42 Å². The van der Waals surface area contributed by atoms with Gasteiger partial charge in [0.05, 0.1) is 10.6 Å². The van der Waals surface area contributed by atoms with Crippen molar-refractivity contribution in [2.45, 2.75) is 31.6 Å². The summed E-state index contributed by atoms with van der Waals surface area (Å²) < 4.78 is 29.2. The maximum atomic E-state index is 13.2. The summed E-state index contributed by atoms with van der Waals surface area (Å²) >= 11 is 9.83. The van der Waals surface area contributed by atoms with Gasteiger partial charge in [0.25, 0.3) is 10.0 Å². The van der Waals surface area contributed by atoms with Crippen LogP contribution in [0.2, 0.25) is 5.02 Å². The van der Waals surface area contributed by atoms with Crippen molar-refractivity contribution in [1.29, 1.82) is 0 Å². The van der Waals surface area contributed by atoms with Crippen molar-refractivity contribution in [2.24, 2.45) is 0 Å². The lowest BCUT2D eigenvalue weighted by Gasteiger charge is -2.11. The van der Waals surface area contributed by atoms with E-state index < -0.39 is 10.0 Å². The lowest BCUT2D eigenvalue weighted by atomic mass is 10.0. The zero-order valence-corrected chi connectivity index (χ0v) is 24.6. The molecule has 0 spiro atoms. The molecule has 6 rings (SSSR count). The van der Waals surface area contributed by atoms with Crippen LogP contribution in [-0.2, 0) is 10.0 Å². The number of fused-ring (bicyclic) bond motifs is 2. The number of benzene rings is 3. The van der Waals surface area contributed by atoms with Crippen LogP contribution in [0.25, 0.3) is 42.3 Å². The third-order valence-electron chi connectivity index (χ3n) is 6.50. The zero-order chi connectivity index (χ0) is 27.3. The van der Waals surface area contributed by atoms with Crippen molar-refractivity contribution in [3.63, 3.8) is 0 Å². The molecule has 5 nitrogen and oxygen atoms in total. The molecule has 6 aromatic rings. The van der Waals surface area contributed by atoms with Gasteiger partial charge in [0.15, 0.2) is 0 Å². The van der Waals surface area contributed by atoms with Gasteiger partial charge in [-0.2, -0.15) is 0 Å². The molecule has 0 saturated carbocycles. The fraction of sp³-hybridized carbons (Fsp3) is 0.133. The summed E-state index contributed by atoms with van der Waals surface area (Å²) in [5.74, 6) is 0.373. The van der Waals surface area contributed by atoms with E-state index in [1.165, 1.54) is 16.2 Å². The van der Waals surface area contributed by atoms with Gasteiger partial charge in [-0.1, -0.05) is 84.8 Å². The number of halogens is 1. The highest BCUT2D eigenvalue weighted by atomic mass is 35.5. The Morgan fingerprint density at radius 3 is 2.26 bits per heavy atom. The van der Waals surface area contributed by atoms with Crippen LogP contribution in [0.15, 0.2) is 83.8 Å². The van der Waals surface area contributed by atoms with Gasteiger partial charge < -0.3 is 0 Å². The van der Waals surface area contributed by atoms with E-state index in [-0.39, 0.29) is 4.90 Å². The molecule has 0 amide bonds. The first-order valence-electron chi connectivity index (χ1n) is 12.4. The van der Waals surface area contributed by atoms with Gasteiger partial charge in [0, 0.05) is 32.0 Å². The maximum absolute atomic E-state index is 13.2. The second-order valence-corrected chi connectivity index (χ2v) is 13.8. The number of nitrogens with zero attached hydrogens (tertiary/aromatic N) is 2. The van der Waals surface area contributed by atoms with Gasteiger partial charge in [-0.15, -0.1) is 11.3 Å². The summed E-state index contributed by atoms with van der Waals surface area (Å²) in [6.07, 6.45) is 0. The molecule has 0 aliphatic rings. The Labute approximate surface area is 240 Å². The fourth-order valence-corrected chi connectivity index (χ4v) is 7.85. The highest BCUT2D eigenvalue weighted by molar-refractivity contribution is 7.92. The van der Waals surface area contributed by atoms with Crippen LogP contribution in [0, 0.1) is 6.92 Å². The number of hydrogen-bond donors (Lipinski definition) is 1. The molecule has 0 unspecified atom stereocenters. The molecule has 0 aliphatic carbocycles. The number of anilines is 1. The molecule has 0 saturated heterocycles. The van der Waals surface area contributed by atoms with Crippen molar-refractivity contribution in [1.82, 2.24) is 9.97 Å². The van der Waals surface area contributed by atoms with Crippen LogP contribution in [0.5, 0.6) is 0 Å². The Kier molecular flexibility index (Phi) is 6.67. The van der Waals surface area contributed by atoms with Crippen LogP contribution in [0.4, 0.5) is 5.69 Å². The van der Waals surface area contributed by atoms with E-state index in [0.717, 1.165) is 37.3 Å². The number of para-hydroxylation sites is 1. The lowest BCUT2D eigenvalue weighted by molar-refractivity contribution is 0.601. The number of thiazole rings is 1. The third-order valence-corrected chi connectivity index (χ3v) is 10.5. The van der Waals surface area contributed by atoms with Crippen LogP contribution < -0.4 is 4.72 Å². The predicted molar refractivity (Wildman–Crippen MR) is 165 cm³/mol. The molecule has 0 radical (unpaired) electrons. The van der Waals surface area contributed by atoms with E-state index >= 15 is 0 Å².